The Morgan fingerprint density at radius 1 is 1.17 bits per heavy atom. The summed E-state index contributed by atoms with van der Waals surface area (Å²) >= 11 is 0. The molecule has 0 aliphatic heterocycles. The lowest BCUT2D eigenvalue weighted by molar-refractivity contribution is -0.138. The maximum absolute atomic E-state index is 12.9. The Kier molecular flexibility index (Phi) is 5.10. The lowest BCUT2D eigenvalue weighted by Gasteiger charge is -2.18. The minimum Gasteiger partial charge on any atom is -0.330 e. The summed E-state index contributed by atoms with van der Waals surface area (Å²) in [6.07, 6.45) is -2.85. The van der Waals surface area contributed by atoms with E-state index in [0.29, 0.717) is 31.9 Å². The number of hydrogen-bond acceptors (Lipinski definition) is 2. The summed E-state index contributed by atoms with van der Waals surface area (Å²) in [6.45, 7) is 0.474. The van der Waals surface area contributed by atoms with Gasteiger partial charge in [0.05, 0.1) is 5.56 Å². The van der Waals surface area contributed by atoms with Crippen molar-refractivity contribution < 1.29 is 17.6 Å². The summed E-state index contributed by atoms with van der Waals surface area (Å²) in [6, 6.07) is 1.82. The van der Waals surface area contributed by atoms with Crippen LogP contribution in [0.4, 0.5) is 17.6 Å². The number of alkyl halides is 3. The van der Waals surface area contributed by atoms with E-state index in [1.807, 2.05) is 0 Å². The van der Waals surface area contributed by atoms with Crippen LogP contribution < -0.4 is 11.5 Å². The molecule has 1 aromatic carbocycles. The second-order valence-corrected chi connectivity index (χ2v) is 4.12. The molecular weight excluding hydrogens is 248 g/mol. The normalized spacial score (nSPS) is 13.7. The smallest absolute Gasteiger partial charge is 0.330 e. The van der Waals surface area contributed by atoms with Gasteiger partial charge in [-0.05, 0) is 37.1 Å². The summed E-state index contributed by atoms with van der Waals surface area (Å²) < 4.78 is 51.1. The van der Waals surface area contributed by atoms with E-state index in [2.05, 4.69) is 0 Å². The zero-order valence-electron chi connectivity index (χ0n) is 9.80. The molecule has 4 N–H and O–H groups in total. The zero-order chi connectivity index (χ0) is 13.8. The van der Waals surface area contributed by atoms with Crippen molar-refractivity contribution in [3.05, 3.63) is 35.1 Å². The van der Waals surface area contributed by atoms with Gasteiger partial charge in [-0.1, -0.05) is 12.5 Å². The van der Waals surface area contributed by atoms with E-state index in [4.69, 9.17) is 11.5 Å². The highest BCUT2D eigenvalue weighted by molar-refractivity contribution is 5.32. The average Bonchev–Trinajstić information content (AvgIpc) is 2.28. The Hall–Kier alpha value is -1.14. The third kappa shape index (κ3) is 3.96. The van der Waals surface area contributed by atoms with Crippen LogP contribution >= 0.6 is 0 Å². The van der Waals surface area contributed by atoms with Gasteiger partial charge < -0.3 is 11.5 Å². The fraction of sp³-hybridized carbons (Fsp3) is 0.500. The van der Waals surface area contributed by atoms with Crippen molar-refractivity contribution in [3.63, 3.8) is 0 Å². The highest BCUT2D eigenvalue weighted by Crippen LogP contribution is 2.35. The van der Waals surface area contributed by atoms with Gasteiger partial charge in [-0.15, -0.1) is 0 Å². The molecule has 0 fully saturated rings. The van der Waals surface area contributed by atoms with Crippen molar-refractivity contribution in [1.29, 1.82) is 0 Å². The molecule has 18 heavy (non-hydrogen) atoms. The van der Waals surface area contributed by atoms with Crippen molar-refractivity contribution >= 4 is 0 Å². The van der Waals surface area contributed by atoms with Crippen LogP contribution in [-0.4, -0.2) is 6.54 Å². The molecule has 0 spiro atoms. The molecule has 1 atom stereocenters. The topological polar surface area (TPSA) is 52.0 Å². The fourth-order valence-corrected chi connectivity index (χ4v) is 1.76. The maximum atomic E-state index is 12.9. The van der Waals surface area contributed by atoms with Crippen LogP contribution in [0.3, 0.4) is 0 Å². The van der Waals surface area contributed by atoms with Gasteiger partial charge in [0.25, 0.3) is 0 Å². The Balaban J connectivity index is 2.93. The Morgan fingerprint density at radius 2 is 1.83 bits per heavy atom. The molecule has 0 amide bonds. The van der Waals surface area contributed by atoms with Crippen molar-refractivity contribution in [1.82, 2.24) is 0 Å². The Morgan fingerprint density at radius 3 is 2.39 bits per heavy atom. The number of hydrogen-bond donors (Lipinski definition) is 2. The third-order valence-electron chi connectivity index (χ3n) is 2.69. The van der Waals surface area contributed by atoms with Crippen molar-refractivity contribution in [2.75, 3.05) is 6.54 Å². The van der Waals surface area contributed by atoms with Crippen LogP contribution in [0.2, 0.25) is 0 Å². The van der Waals surface area contributed by atoms with E-state index in [0.717, 1.165) is 12.1 Å². The molecule has 6 heteroatoms. The molecule has 102 valence electrons. The first kappa shape index (κ1) is 14.9. The second kappa shape index (κ2) is 6.15. The van der Waals surface area contributed by atoms with Gasteiger partial charge in [0.1, 0.15) is 5.82 Å². The molecule has 0 radical (unpaired) electrons. The van der Waals surface area contributed by atoms with Crippen molar-refractivity contribution in [2.45, 2.75) is 31.5 Å². The molecule has 0 heterocycles. The van der Waals surface area contributed by atoms with Crippen LogP contribution in [0.15, 0.2) is 18.2 Å². The molecular formula is C12H16F4N2. The van der Waals surface area contributed by atoms with E-state index in [9.17, 15) is 17.6 Å². The van der Waals surface area contributed by atoms with Crippen molar-refractivity contribution in [3.8, 4) is 0 Å². The van der Waals surface area contributed by atoms with Crippen LogP contribution in [0.25, 0.3) is 0 Å². The monoisotopic (exact) mass is 264 g/mol. The molecule has 0 aromatic heterocycles. The standard InChI is InChI=1S/C12H16F4N2/c13-8-4-5-9(10(7-8)12(14,15)16)11(18)3-1-2-6-17/h4-5,7,11H,1-3,6,17-18H2/t11-/m0/s1. The SMILES string of the molecule is NCCCC[C@H](N)c1ccc(F)cc1C(F)(F)F. The minimum absolute atomic E-state index is 0.0686. The van der Waals surface area contributed by atoms with Crippen molar-refractivity contribution in [2.24, 2.45) is 11.5 Å². The molecule has 1 aromatic rings. The van der Waals surface area contributed by atoms with Gasteiger partial charge in [0.15, 0.2) is 0 Å². The van der Waals surface area contributed by atoms with E-state index >= 15 is 0 Å². The summed E-state index contributed by atoms with van der Waals surface area (Å²) in [5, 5.41) is 0. The van der Waals surface area contributed by atoms with Gasteiger partial charge in [0, 0.05) is 6.04 Å². The molecule has 0 saturated carbocycles. The Labute approximate surface area is 103 Å². The lowest BCUT2D eigenvalue weighted by atomic mass is 9.96. The van der Waals surface area contributed by atoms with Crippen LogP contribution in [0.1, 0.15) is 36.4 Å². The predicted octanol–water partition coefficient (Wildman–Crippen LogP) is 2.97. The first-order chi connectivity index (χ1) is 8.36. The van der Waals surface area contributed by atoms with Gasteiger partial charge in [-0.3, -0.25) is 0 Å². The zero-order valence-corrected chi connectivity index (χ0v) is 9.80. The number of halogens is 4. The largest absolute Gasteiger partial charge is 0.416 e. The number of rotatable bonds is 5. The van der Waals surface area contributed by atoms with Gasteiger partial charge in [-0.25, -0.2) is 4.39 Å². The van der Waals surface area contributed by atoms with E-state index in [1.54, 1.807) is 0 Å². The quantitative estimate of drug-likeness (QED) is 0.634. The third-order valence-corrected chi connectivity index (χ3v) is 2.69. The molecule has 1 rings (SSSR count). The molecule has 0 bridgehead atoms. The lowest BCUT2D eigenvalue weighted by Crippen LogP contribution is -2.18. The average molecular weight is 264 g/mol. The van der Waals surface area contributed by atoms with Crippen LogP contribution in [0.5, 0.6) is 0 Å². The first-order valence-corrected chi connectivity index (χ1v) is 5.68. The maximum Gasteiger partial charge on any atom is 0.416 e. The summed E-state index contributed by atoms with van der Waals surface area (Å²) in [5.74, 6) is -0.916. The highest BCUT2D eigenvalue weighted by Gasteiger charge is 2.34. The molecule has 0 saturated heterocycles. The van der Waals surface area contributed by atoms with Gasteiger partial charge in [0.2, 0.25) is 0 Å². The van der Waals surface area contributed by atoms with E-state index in [1.165, 1.54) is 0 Å². The highest BCUT2D eigenvalue weighted by atomic mass is 19.4. The summed E-state index contributed by atoms with van der Waals surface area (Å²) in [5.41, 5.74) is 9.96. The summed E-state index contributed by atoms with van der Waals surface area (Å²) in [4.78, 5) is 0. The number of benzene rings is 1. The van der Waals surface area contributed by atoms with Gasteiger partial charge in [-0.2, -0.15) is 13.2 Å². The number of nitrogens with two attached hydrogens (primary N) is 2. The molecule has 0 unspecified atom stereocenters. The molecule has 0 aliphatic carbocycles. The second-order valence-electron chi connectivity index (χ2n) is 4.12. The van der Waals surface area contributed by atoms with Crippen LogP contribution in [-0.2, 0) is 6.18 Å². The van der Waals surface area contributed by atoms with E-state index in [-0.39, 0.29) is 5.56 Å². The van der Waals surface area contributed by atoms with E-state index < -0.39 is 23.6 Å². The minimum atomic E-state index is -4.59. The van der Waals surface area contributed by atoms with Gasteiger partial charge >= 0.3 is 6.18 Å². The fourth-order valence-electron chi connectivity index (χ4n) is 1.76. The predicted molar refractivity (Wildman–Crippen MR) is 61.2 cm³/mol. The Bertz CT molecular complexity index is 390. The summed E-state index contributed by atoms with van der Waals surface area (Å²) in [7, 11) is 0. The molecule has 0 aliphatic rings. The molecule has 2 nitrogen and oxygen atoms in total. The number of unbranched alkanes of at least 4 members (excludes halogenated alkanes) is 1. The first-order valence-electron chi connectivity index (χ1n) is 5.68. The van der Waals surface area contributed by atoms with Crippen LogP contribution in [0, 0.1) is 5.82 Å².